The van der Waals surface area contributed by atoms with Crippen molar-refractivity contribution in [3.05, 3.63) is 83.4 Å². The van der Waals surface area contributed by atoms with Crippen LogP contribution in [0.4, 0.5) is 4.79 Å². The molecule has 1 atom stereocenters. The maximum atomic E-state index is 11.3. The SMILES string of the molecule is Cc1noc(-c2ccc(CCl)cc2)c1[C@@H]([CH]c1ccccc1)NC(=O)O. The molecule has 0 aliphatic carbocycles. The lowest BCUT2D eigenvalue weighted by Crippen LogP contribution is -2.28. The van der Waals surface area contributed by atoms with Crippen molar-refractivity contribution in [1.29, 1.82) is 0 Å². The number of nitrogens with zero attached hydrogens (tertiary/aromatic N) is 1. The second-order valence-electron chi connectivity index (χ2n) is 5.85. The van der Waals surface area contributed by atoms with Gasteiger partial charge < -0.3 is 14.9 Å². The minimum atomic E-state index is -1.12. The van der Waals surface area contributed by atoms with Gasteiger partial charge in [-0.3, -0.25) is 0 Å². The zero-order chi connectivity index (χ0) is 18.5. The number of rotatable bonds is 6. The first kappa shape index (κ1) is 18.0. The molecule has 0 fully saturated rings. The van der Waals surface area contributed by atoms with Crippen LogP contribution in [0.2, 0.25) is 0 Å². The second-order valence-corrected chi connectivity index (χ2v) is 6.11. The van der Waals surface area contributed by atoms with Crippen molar-refractivity contribution >= 4 is 17.7 Å². The molecule has 3 aromatic rings. The predicted molar refractivity (Wildman–Crippen MR) is 100.0 cm³/mol. The van der Waals surface area contributed by atoms with Crippen LogP contribution >= 0.6 is 11.6 Å². The number of carbonyl (C=O) groups is 1. The number of amides is 1. The molecular formula is C20H18ClN2O3. The standard InChI is InChI=1S/C20H18ClN2O3/c1-13-18(17(22-20(24)25)11-14-5-3-2-4-6-14)19(26-23-13)16-9-7-15(12-21)8-10-16/h2-11,17,22H,12H2,1H3,(H,24,25)/t17-/m1/s1. The van der Waals surface area contributed by atoms with Crippen molar-refractivity contribution in [3.63, 3.8) is 0 Å². The first-order valence-electron chi connectivity index (χ1n) is 8.09. The second kappa shape index (κ2) is 8.06. The summed E-state index contributed by atoms with van der Waals surface area (Å²) in [5.74, 6) is 0.961. The largest absolute Gasteiger partial charge is 0.465 e. The molecule has 2 N–H and O–H groups in total. The molecule has 1 aromatic heterocycles. The summed E-state index contributed by atoms with van der Waals surface area (Å²) in [7, 11) is 0. The summed E-state index contributed by atoms with van der Waals surface area (Å²) in [4.78, 5) is 11.3. The van der Waals surface area contributed by atoms with Gasteiger partial charge in [0.15, 0.2) is 5.76 Å². The van der Waals surface area contributed by atoms with Gasteiger partial charge in [0.25, 0.3) is 0 Å². The summed E-state index contributed by atoms with van der Waals surface area (Å²) in [5.41, 5.74) is 4.02. The zero-order valence-electron chi connectivity index (χ0n) is 14.1. The number of hydrogen-bond donors (Lipinski definition) is 2. The van der Waals surface area contributed by atoms with Gasteiger partial charge >= 0.3 is 6.09 Å². The molecule has 1 radical (unpaired) electrons. The normalized spacial score (nSPS) is 11.9. The summed E-state index contributed by atoms with van der Waals surface area (Å²) in [6, 6.07) is 16.5. The maximum Gasteiger partial charge on any atom is 0.405 e. The number of hydrogen-bond acceptors (Lipinski definition) is 3. The lowest BCUT2D eigenvalue weighted by atomic mass is 9.95. The summed E-state index contributed by atoms with van der Waals surface area (Å²) >= 11 is 5.84. The van der Waals surface area contributed by atoms with Gasteiger partial charge in [0, 0.05) is 23.4 Å². The fraction of sp³-hybridized carbons (Fsp3) is 0.150. The maximum absolute atomic E-state index is 11.3. The van der Waals surface area contributed by atoms with Crippen LogP contribution in [-0.4, -0.2) is 16.4 Å². The molecule has 6 heteroatoms. The van der Waals surface area contributed by atoms with Crippen molar-refractivity contribution in [1.82, 2.24) is 10.5 Å². The van der Waals surface area contributed by atoms with Crippen LogP contribution in [-0.2, 0) is 5.88 Å². The molecule has 0 saturated heterocycles. The highest BCUT2D eigenvalue weighted by molar-refractivity contribution is 6.17. The molecule has 0 bridgehead atoms. The van der Waals surface area contributed by atoms with Crippen molar-refractivity contribution < 1.29 is 14.4 Å². The number of halogens is 1. The Labute approximate surface area is 156 Å². The van der Waals surface area contributed by atoms with Crippen LogP contribution < -0.4 is 5.32 Å². The molecule has 26 heavy (non-hydrogen) atoms. The molecule has 3 rings (SSSR count). The third-order valence-corrected chi connectivity index (χ3v) is 4.34. The van der Waals surface area contributed by atoms with Crippen LogP contribution in [0, 0.1) is 13.3 Å². The number of alkyl halides is 1. The Morgan fingerprint density at radius 1 is 1.23 bits per heavy atom. The smallest absolute Gasteiger partial charge is 0.405 e. The Kier molecular flexibility index (Phi) is 5.58. The Morgan fingerprint density at radius 2 is 1.92 bits per heavy atom. The van der Waals surface area contributed by atoms with Gasteiger partial charge in [0.2, 0.25) is 0 Å². The average molecular weight is 370 g/mol. The topological polar surface area (TPSA) is 75.4 Å². The van der Waals surface area contributed by atoms with Gasteiger partial charge in [-0.1, -0.05) is 59.8 Å². The van der Waals surface area contributed by atoms with Gasteiger partial charge in [0.05, 0.1) is 11.7 Å². The molecule has 0 aliphatic rings. The van der Waals surface area contributed by atoms with E-state index in [1.165, 1.54) is 0 Å². The van der Waals surface area contributed by atoms with E-state index < -0.39 is 12.1 Å². The van der Waals surface area contributed by atoms with Crippen LogP contribution in [0.1, 0.15) is 28.4 Å². The van der Waals surface area contributed by atoms with Crippen LogP contribution in [0.25, 0.3) is 11.3 Å². The summed E-state index contributed by atoms with van der Waals surface area (Å²) in [6.45, 7) is 1.80. The van der Waals surface area contributed by atoms with E-state index >= 15 is 0 Å². The monoisotopic (exact) mass is 369 g/mol. The Balaban J connectivity index is 2.00. The highest BCUT2D eigenvalue weighted by atomic mass is 35.5. The molecule has 0 spiro atoms. The van der Waals surface area contributed by atoms with Crippen molar-refractivity contribution in [2.75, 3.05) is 0 Å². The molecule has 1 amide bonds. The fourth-order valence-corrected chi connectivity index (χ4v) is 2.96. The molecular weight excluding hydrogens is 352 g/mol. The number of aryl methyl sites for hydroxylation is 1. The lowest BCUT2D eigenvalue weighted by Gasteiger charge is -2.17. The molecule has 2 aromatic carbocycles. The van der Waals surface area contributed by atoms with Crippen molar-refractivity contribution in [2.24, 2.45) is 0 Å². The van der Waals surface area contributed by atoms with E-state index in [0.717, 1.165) is 16.7 Å². The van der Waals surface area contributed by atoms with Crippen LogP contribution in [0.3, 0.4) is 0 Å². The Hall–Kier alpha value is -2.79. The lowest BCUT2D eigenvalue weighted by molar-refractivity contribution is 0.191. The van der Waals surface area contributed by atoms with Gasteiger partial charge in [-0.25, -0.2) is 4.79 Å². The Bertz CT molecular complexity index is 876. The molecule has 0 aliphatic heterocycles. The minimum absolute atomic E-state index is 0.424. The van der Waals surface area contributed by atoms with Gasteiger partial charge in [-0.05, 0) is 18.1 Å². The Morgan fingerprint density at radius 3 is 2.54 bits per heavy atom. The highest BCUT2D eigenvalue weighted by Crippen LogP contribution is 2.33. The first-order valence-corrected chi connectivity index (χ1v) is 8.62. The van der Waals surface area contributed by atoms with Gasteiger partial charge in [-0.15, -0.1) is 11.6 Å². The van der Waals surface area contributed by atoms with E-state index in [1.807, 2.05) is 61.0 Å². The zero-order valence-corrected chi connectivity index (χ0v) is 14.9. The molecule has 5 nitrogen and oxygen atoms in total. The number of carboxylic acid groups (broad SMARTS) is 1. The number of nitrogens with one attached hydrogen (secondary N) is 1. The molecule has 1 heterocycles. The summed E-state index contributed by atoms with van der Waals surface area (Å²) in [6.07, 6.45) is 0.718. The van der Waals surface area contributed by atoms with Crippen LogP contribution in [0.5, 0.6) is 0 Å². The van der Waals surface area contributed by atoms with E-state index in [0.29, 0.717) is 22.9 Å². The molecule has 133 valence electrons. The minimum Gasteiger partial charge on any atom is -0.465 e. The van der Waals surface area contributed by atoms with Crippen LogP contribution in [0.15, 0.2) is 59.1 Å². The van der Waals surface area contributed by atoms with Crippen molar-refractivity contribution in [2.45, 2.75) is 18.8 Å². The van der Waals surface area contributed by atoms with E-state index in [9.17, 15) is 9.90 Å². The summed E-state index contributed by atoms with van der Waals surface area (Å²) in [5, 5.41) is 15.9. The molecule has 0 unspecified atom stereocenters. The predicted octanol–water partition coefficient (Wildman–Crippen LogP) is 4.95. The first-order chi connectivity index (χ1) is 12.6. The van der Waals surface area contributed by atoms with Gasteiger partial charge in [0.1, 0.15) is 0 Å². The molecule has 0 saturated carbocycles. The van der Waals surface area contributed by atoms with E-state index in [4.69, 9.17) is 16.1 Å². The van der Waals surface area contributed by atoms with Gasteiger partial charge in [-0.2, -0.15) is 0 Å². The summed E-state index contributed by atoms with van der Waals surface area (Å²) < 4.78 is 5.52. The quantitative estimate of drug-likeness (QED) is 0.603. The third kappa shape index (κ3) is 4.06. The fourth-order valence-electron chi connectivity index (χ4n) is 2.78. The number of aromatic nitrogens is 1. The average Bonchev–Trinajstić information content (AvgIpc) is 3.03. The van der Waals surface area contributed by atoms with Crippen molar-refractivity contribution in [3.8, 4) is 11.3 Å². The third-order valence-electron chi connectivity index (χ3n) is 4.03. The van der Waals surface area contributed by atoms with E-state index in [-0.39, 0.29) is 0 Å². The number of benzene rings is 2. The highest BCUT2D eigenvalue weighted by Gasteiger charge is 2.25. The van der Waals surface area contributed by atoms with E-state index in [1.54, 1.807) is 6.92 Å². The van der Waals surface area contributed by atoms with E-state index in [2.05, 4.69) is 10.5 Å².